The van der Waals surface area contributed by atoms with Crippen LogP contribution in [0.4, 0.5) is 0 Å². The van der Waals surface area contributed by atoms with E-state index >= 15 is 0 Å². The van der Waals surface area contributed by atoms with Crippen molar-refractivity contribution in [2.45, 2.75) is 89.1 Å². The maximum absolute atomic E-state index is 13.2. The summed E-state index contributed by atoms with van der Waals surface area (Å²) in [4.78, 5) is 25.7. The summed E-state index contributed by atoms with van der Waals surface area (Å²) in [6, 6.07) is 0. The first-order chi connectivity index (χ1) is 16.0. The Labute approximate surface area is 201 Å². The first-order valence-corrected chi connectivity index (χ1v) is 13.1. The van der Waals surface area contributed by atoms with Crippen molar-refractivity contribution in [2.75, 3.05) is 6.61 Å². The monoisotopic (exact) mass is 470 g/mol. The number of carbonyl (C=O) groups excluding carboxylic acids is 2. The summed E-state index contributed by atoms with van der Waals surface area (Å²) in [6.07, 6.45) is 7.75. The minimum absolute atomic E-state index is 0.0306. The molecule has 6 rings (SSSR count). The number of hydrogen-bond donors (Lipinski definition) is 2. The molecule has 5 fully saturated rings. The second-order valence-corrected chi connectivity index (χ2v) is 12.8. The van der Waals surface area contributed by atoms with Gasteiger partial charge in [0.25, 0.3) is 0 Å². The van der Waals surface area contributed by atoms with Crippen LogP contribution in [0.5, 0.6) is 0 Å². The third-order valence-corrected chi connectivity index (χ3v) is 11.7. The van der Waals surface area contributed by atoms with Gasteiger partial charge in [0.1, 0.15) is 17.3 Å². The lowest BCUT2D eigenvalue weighted by atomic mass is 9.42. The van der Waals surface area contributed by atoms with E-state index in [4.69, 9.17) is 9.47 Å². The predicted molar refractivity (Wildman–Crippen MR) is 124 cm³/mol. The lowest BCUT2D eigenvalue weighted by molar-refractivity contribution is -0.234. The van der Waals surface area contributed by atoms with E-state index in [0.717, 1.165) is 25.7 Å². The minimum atomic E-state index is -1.38. The Balaban J connectivity index is 1.30. The van der Waals surface area contributed by atoms with Gasteiger partial charge in [-0.05, 0) is 87.5 Å². The van der Waals surface area contributed by atoms with Gasteiger partial charge in [0.05, 0.1) is 23.7 Å². The summed E-state index contributed by atoms with van der Waals surface area (Å²) in [7, 11) is 0. The third kappa shape index (κ3) is 2.63. The number of fused-ring (bicyclic) bond motifs is 7. The van der Waals surface area contributed by atoms with Gasteiger partial charge in [-0.2, -0.15) is 0 Å². The van der Waals surface area contributed by atoms with Crippen LogP contribution < -0.4 is 0 Å². The molecule has 2 aliphatic heterocycles. The number of aliphatic hydroxyl groups is 2. The maximum atomic E-state index is 13.2. The molecule has 3 saturated carbocycles. The van der Waals surface area contributed by atoms with Gasteiger partial charge in [-0.25, -0.2) is 4.79 Å². The number of esters is 1. The van der Waals surface area contributed by atoms with Gasteiger partial charge >= 0.3 is 5.97 Å². The Morgan fingerprint density at radius 3 is 2.50 bits per heavy atom. The summed E-state index contributed by atoms with van der Waals surface area (Å²) in [5.41, 5.74) is -2.51. The summed E-state index contributed by atoms with van der Waals surface area (Å²) in [5.74, 6) is 0.769. The van der Waals surface area contributed by atoms with Crippen molar-refractivity contribution in [3.8, 4) is 0 Å². The Hall–Kier alpha value is -1.50. The predicted octanol–water partition coefficient (Wildman–Crippen LogP) is 3.35. The third-order valence-electron chi connectivity index (χ3n) is 11.7. The fourth-order valence-electron chi connectivity index (χ4n) is 9.58. The van der Waals surface area contributed by atoms with Crippen molar-refractivity contribution in [1.29, 1.82) is 0 Å². The zero-order valence-electron chi connectivity index (χ0n) is 20.6. The van der Waals surface area contributed by atoms with Gasteiger partial charge in [0, 0.05) is 12.3 Å². The summed E-state index contributed by atoms with van der Waals surface area (Å²) >= 11 is 0. The number of ether oxygens (including phenoxy) is 2. The van der Waals surface area contributed by atoms with Crippen molar-refractivity contribution >= 4 is 11.8 Å². The van der Waals surface area contributed by atoms with Crippen molar-refractivity contribution < 1.29 is 29.3 Å². The van der Waals surface area contributed by atoms with Crippen molar-refractivity contribution in [2.24, 2.45) is 40.4 Å². The molecule has 0 spiro atoms. The summed E-state index contributed by atoms with van der Waals surface area (Å²) in [5, 5.41) is 22.7. The molecule has 11 atom stereocenters. The highest BCUT2D eigenvalue weighted by Gasteiger charge is 2.69. The Morgan fingerprint density at radius 2 is 1.76 bits per heavy atom. The zero-order valence-corrected chi connectivity index (χ0v) is 20.6. The molecule has 6 nitrogen and oxygen atoms in total. The lowest BCUT2D eigenvalue weighted by Crippen LogP contribution is -2.69. The molecule has 2 saturated heterocycles. The first-order valence-electron chi connectivity index (χ1n) is 13.1. The molecule has 6 aliphatic rings. The number of rotatable bonds is 1. The van der Waals surface area contributed by atoms with E-state index in [9.17, 15) is 19.8 Å². The molecule has 2 N–H and O–H groups in total. The quantitative estimate of drug-likeness (QED) is 0.451. The van der Waals surface area contributed by atoms with E-state index < -0.39 is 22.7 Å². The Morgan fingerprint density at radius 1 is 1.06 bits per heavy atom. The van der Waals surface area contributed by atoms with Gasteiger partial charge < -0.3 is 19.7 Å². The van der Waals surface area contributed by atoms with Gasteiger partial charge in [-0.1, -0.05) is 19.6 Å². The maximum Gasteiger partial charge on any atom is 0.336 e. The molecule has 0 unspecified atom stereocenters. The lowest BCUT2D eigenvalue weighted by Gasteiger charge is -2.63. The molecule has 0 amide bonds. The molecule has 2 heterocycles. The molecule has 186 valence electrons. The SMILES string of the molecule is C=C1C(=O)O[C@@H]2C[C@@]1(C)OC[C@H]2[C@@H]1CC[C@H]2[C@@H]3C[C@H](O)[C@]4(O)CC=CC(=O)[C@]4(C)[C@H]3CC[C@@]12C. The van der Waals surface area contributed by atoms with E-state index in [1.54, 1.807) is 12.2 Å². The minimum Gasteiger partial charge on any atom is -0.458 e. The number of carbonyl (C=O) groups is 2. The standard InChI is InChI=1S/C28H38O6/c1-15-24(31)34-21-13-26(15,3)33-14-17(21)19-8-7-18-16-12-23(30)28(32)10-5-6-22(29)27(28,4)20(16)9-11-25(18,19)2/h5-6,16-21,23,30,32H,1,7-14H2,2-4H3/t16-,17-,18-,19-,20-,21+,23-,25+,26+,27-,28+/m0/s1. The van der Waals surface area contributed by atoms with E-state index in [-0.39, 0.29) is 41.0 Å². The fourth-order valence-corrected chi connectivity index (χ4v) is 9.58. The van der Waals surface area contributed by atoms with Crippen molar-refractivity contribution in [3.05, 3.63) is 24.3 Å². The summed E-state index contributed by atoms with van der Waals surface area (Å²) in [6.45, 7) is 10.7. The highest BCUT2D eigenvalue weighted by atomic mass is 16.6. The largest absolute Gasteiger partial charge is 0.458 e. The average Bonchev–Trinajstić information content (AvgIpc) is 3.13. The Bertz CT molecular complexity index is 987. The normalized spacial score (nSPS) is 56.4. The van der Waals surface area contributed by atoms with Crippen molar-refractivity contribution in [1.82, 2.24) is 0 Å². The zero-order chi connectivity index (χ0) is 24.3. The summed E-state index contributed by atoms with van der Waals surface area (Å²) < 4.78 is 12.2. The van der Waals surface area contributed by atoms with Crippen LogP contribution in [0.25, 0.3) is 0 Å². The van der Waals surface area contributed by atoms with Gasteiger partial charge in [-0.15, -0.1) is 0 Å². The molecule has 34 heavy (non-hydrogen) atoms. The van der Waals surface area contributed by atoms with E-state index in [2.05, 4.69) is 13.5 Å². The highest BCUT2D eigenvalue weighted by molar-refractivity contribution is 5.97. The average molecular weight is 471 g/mol. The second kappa shape index (κ2) is 7.04. The molecule has 6 heteroatoms. The van der Waals surface area contributed by atoms with Crippen molar-refractivity contribution in [3.63, 3.8) is 0 Å². The van der Waals surface area contributed by atoms with Crippen LogP contribution in [0.1, 0.15) is 65.7 Å². The number of aliphatic hydroxyl groups excluding tert-OH is 1. The van der Waals surface area contributed by atoms with Crippen LogP contribution >= 0.6 is 0 Å². The van der Waals surface area contributed by atoms with Crippen LogP contribution in [0.2, 0.25) is 0 Å². The fraction of sp³-hybridized carbons (Fsp3) is 0.786. The molecular weight excluding hydrogens is 432 g/mol. The van der Waals surface area contributed by atoms with E-state index in [1.807, 2.05) is 13.8 Å². The van der Waals surface area contributed by atoms with E-state index in [1.165, 1.54) is 0 Å². The van der Waals surface area contributed by atoms with Crippen LogP contribution in [-0.2, 0) is 19.1 Å². The van der Waals surface area contributed by atoms with E-state index in [0.29, 0.717) is 43.3 Å². The number of hydrogen-bond acceptors (Lipinski definition) is 6. The molecule has 4 aliphatic carbocycles. The first kappa shape index (κ1) is 22.9. The van der Waals surface area contributed by atoms with Crippen LogP contribution in [0.3, 0.4) is 0 Å². The van der Waals surface area contributed by atoms with Gasteiger partial charge in [0.2, 0.25) is 0 Å². The molecule has 0 aromatic heterocycles. The second-order valence-electron chi connectivity index (χ2n) is 12.8. The highest BCUT2D eigenvalue weighted by Crippen LogP contribution is 2.68. The topological polar surface area (TPSA) is 93.1 Å². The Kier molecular flexibility index (Phi) is 4.75. The molecule has 0 radical (unpaired) electrons. The van der Waals surface area contributed by atoms with Crippen LogP contribution in [0, 0.1) is 40.4 Å². The molecule has 0 aromatic rings. The van der Waals surface area contributed by atoms with Gasteiger partial charge in [-0.3, -0.25) is 4.79 Å². The number of ketones is 1. The molecule has 0 aromatic carbocycles. The molecular formula is C28H38O6. The number of allylic oxidation sites excluding steroid dienone is 1. The van der Waals surface area contributed by atoms with Crippen LogP contribution in [-0.4, -0.2) is 52.0 Å². The van der Waals surface area contributed by atoms with Gasteiger partial charge in [0.15, 0.2) is 5.78 Å². The van der Waals surface area contributed by atoms with Crippen LogP contribution in [0.15, 0.2) is 24.3 Å². The smallest absolute Gasteiger partial charge is 0.336 e. The molecule has 2 bridgehead atoms.